The second kappa shape index (κ2) is 9.68. The van der Waals surface area contributed by atoms with Gasteiger partial charge in [0.2, 0.25) is 10.0 Å². The molecule has 1 aromatic rings. The molecule has 8 heteroatoms. The maximum Gasteiger partial charge on any atom is 0.306 e. The van der Waals surface area contributed by atoms with Crippen molar-refractivity contribution in [3.05, 3.63) is 24.3 Å². The van der Waals surface area contributed by atoms with Crippen LogP contribution in [0.2, 0.25) is 0 Å². The van der Waals surface area contributed by atoms with Crippen LogP contribution in [-0.4, -0.2) is 26.9 Å². The van der Waals surface area contributed by atoms with Crippen molar-refractivity contribution in [2.45, 2.75) is 56.3 Å². The average molecular weight is 382 g/mol. The Morgan fingerprint density at radius 2 is 1.92 bits per heavy atom. The van der Waals surface area contributed by atoms with Crippen molar-refractivity contribution in [1.82, 2.24) is 0 Å². The predicted octanol–water partition coefficient (Wildman–Crippen LogP) is 2.57. The molecule has 3 N–H and O–H groups in total. The number of anilines is 1. The Bertz CT molecular complexity index is 727. The number of carbonyl (C=O) groups is 2. The van der Waals surface area contributed by atoms with Gasteiger partial charge in [-0.25, -0.2) is 13.6 Å². The second-order valence-corrected chi connectivity index (χ2v) is 8.24. The fourth-order valence-electron chi connectivity index (χ4n) is 3.18. The molecule has 1 aliphatic carbocycles. The van der Waals surface area contributed by atoms with Gasteiger partial charge in [0.15, 0.2) is 6.61 Å². The van der Waals surface area contributed by atoms with Crippen molar-refractivity contribution < 1.29 is 22.7 Å². The number of hydrogen-bond donors (Lipinski definition) is 2. The zero-order valence-electron chi connectivity index (χ0n) is 14.8. The van der Waals surface area contributed by atoms with Crippen LogP contribution in [0.5, 0.6) is 0 Å². The van der Waals surface area contributed by atoms with Crippen LogP contribution in [0.1, 0.15) is 51.4 Å². The number of rotatable bonds is 8. The molecule has 1 saturated carbocycles. The smallest absolute Gasteiger partial charge is 0.306 e. The van der Waals surface area contributed by atoms with Crippen LogP contribution >= 0.6 is 0 Å². The molecule has 26 heavy (non-hydrogen) atoms. The molecular formula is C18H26N2O5S. The van der Waals surface area contributed by atoms with Gasteiger partial charge >= 0.3 is 5.97 Å². The van der Waals surface area contributed by atoms with E-state index in [-0.39, 0.29) is 10.6 Å². The summed E-state index contributed by atoms with van der Waals surface area (Å²) in [6.45, 7) is -0.401. The lowest BCUT2D eigenvalue weighted by Crippen LogP contribution is -2.21. The average Bonchev–Trinajstić information content (AvgIpc) is 2.60. The number of hydrogen-bond acceptors (Lipinski definition) is 5. The van der Waals surface area contributed by atoms with Gasteiger partial charge in [-0.2, -0.15) is 0 Å². The fourth-order valence-corrected chi connectivity index (χ4v) is 3.74. The summed E-state index contributed by atoms with van der Waals surface area (Å²) >= 11 is 0. The van der Waals surface area contributed by atoms with Crippen LogP contribution in [0.3, 0.4) is 0 Å². The predicted molar refractivity (Wildman–Crippen MR) is 97.8 cm³/mol. The van der Waals surface area contributed by atoms with Crippen molar-refractivity contribution >= 4 is 27.6 Å². The highest BCUT2D eigenvalue weighted by atomic mass is 32.2. The molecule has 1 fully saturated rings. The van der Waals surface area contributed by atoms with Crippen LogP contribution < -0.4 is 10.5 Å². The van der Waals surface area contributed by atoms with Gasteiger partial charge in [-0.3, -0.25) is 9.59 Å². The number of primary sulfonamides is 1. The van der Waals surface area contributed by atoms with Crippen molar-refractivity contribution in [1.29, 1.82) is 0 Å². The first-order valence-electron chi connectivity index (χ1n) is 8.93. The van der Waals surface area contributed by atoms with Crippen LogP contribution in [0.25, 0.3) is 0 Å². The standard InChI is InChI=1S/C18H26N2O5S/c19-26(23,24)16-10-5-9-15(12-16)20-17(21)13-25-18(22)11-4-8-14-6-2-1-3-7-14/h5,9-10,12,14H,1-4,6-8,11,13H2,(H,20,21)(H2,19,23,24). The van der Waals surface area contributed by atoms with E-state index in [1.54, 1.807) is 0 Å². The molecule has 2 rings (SSSR count). The molecule has 0 aromatic heterocycles. The first-order chi connectivity index (χ1) is 12.3. The lowest BCUT2D eigenvalue weighted by Gasteiger charge is -2.20. The minimum absolute atomic E-state index is 0.102. The quantitative estimate of drug-likeness (QED) is 0.670. The maximum absolute atomic E-state index is 11.8. The zero-order chi connectivity index (χ0) is 19.0. The van der Waals surface area contributed by atoms with Crippen molar-refractivity contribution in [3.63, 3.8) is 0 Å². The van der Waals surface area contributed by atoms with E-state index in [1.165, 1.54) is 56.4 Å². The number of ether oxygens (including phenoxy) is 1. The summed E-state index contributed by atoms with van der Waals surface area (Å²) in [6.07, 6.45) is 8.48. The fraction of sp³-hybridized carbons (Fsp3) is 0.556. The molecule has 0 radical (unpaired) electrons. The molecule has 7 nitrogen and oxygen atoms in total. The molecule has 0 saturated heterocycles. The molecule has 1 amide bonds. The Hall–Kier alpha value is -1.93. The van der Waals surface area contributed by atoms with Crippen LogP contribution in [0.4, 0.5) is 5.69 Å². The summed E-state index contributed by atoms with van der Waals surface area (Å²) in [7, 11) is -3.84. The van der Waals surface area contributed by atoms with E-state index < -0.39 is 28.5 Å². The third-order valence-electron chi connectivity index (χ3n) is 4.53. The van der Waals surface area contributed by atoms with E-state index in [0.717, 1.165) is 12.8 Å². The van der Waals surface area contributed by atoms with Gasteiger partial charge in [0.25, 0.3) is 5.91 Å². The Kier molecular flexibility index (Phi) is 7.59. The van der Waals surface area contributed by atoms with Gasteiger partial charge in [-0.05, 0) is 37.0 Å². The van der Waals surface area contributed by atoms with Crippen LogP contribution in [0.15, 0.2) is 29.2 Å². The summed E-state index contributed by atoms with van der Waals surface area (Å²) in [4.78, 5) is 23.5. The van der Waals surface area contributed by atoms with Gasteiger partial charge in [0.1, 0.15) is 0 Å². The number of benzene rings is 1. The topological polar surface area (TPSA) is 116 Å². The Balaban J connectivity index is 1.68. The number of carbonyl (C=O) groups excluding carboxylic acids is 2. The number of amides is 1. The molecule has 0 aliphatic heterocycles. The van der Waals surface area contributed by atoms with Crippen molar-refractivity contribution in [3.8, 4) is 0 Å². The van der Waals surface area contributed by atoms with Crippen molar-refractivity contribution in [2.75, 3.05) is 11.9 Å². The molecule has 0 spiro atoms. The highest BCUT2D eigenvalue weighted by Crippen LogP contribution is 2.27. The summed E-state index contributed by atoms with van der Waals surface area (Å²) in [5.41, 5.74) is 0.273. The van der Waals surface area contributed by atoms with Gasteiger partial charge in [-0.1, -0.05) is 38.2 Å². The van der Waals surface area contributed by atoms with E-state index in [4.69, 9.17) is 9.88 Å². The summed E-state index contributed by atoms with van der Waals surface area (Å²) in [5.74, 6) is -0.211. The van der Waals surface area contributed by atoms with E-state index in [9.17, 15) is 18.0 Å². The SMILES string of the molecule is NS(=O)(=O)c1cccc(NC(=O)COC(=O)CCCC2CCCCC2)c1. The number of nitrogens with one attached hydrogen (secondary N) is 1. The summed E-state index contributed by atoms with van der Waals surface area (Å²) in [5, 5.41) is 7.53. The maximum atomic E-state index is 11.8. The van der Waals surface area contributed by atoms with E-state index in [2.05, 4.69) is 5.32 Å². The molecule has 0 bridgehead atoms. The van der Waals surface area contributed by atoms with Gasteiger partial charge < -0.3 is 10.1 Å². The van der Waals surface area contributed by atoms with E-state index in [0.29, 0.717) is 12.3 Å². The highest BCUT2D eigenvalue weighted by molar-refractivity contribution is 7.89. The molecule has 144 valence electrons. The molecular weight excluding hydrogens is 356 g/mol. The molecule has 1 aromatic carbocycles. The Morgan fingerprint density at radius 3 is 2.62 bits per heavy atom. The van der Waals surface area contributed by atoms with Gasteiger partial charge in [0, 0.05) is 12.1 Å². The summed E-state index contributed by atoms with van der Waals surface area (Å²) in [6, 6.07) is 5.57. The normalized spacial score (nSPS) is 15.4. The zero-order valence-corrected chi connectivity index (χ0v) is 15.6. The number of esters is 1. The molecule has 0 unspecified atom stereocenters. The minimum atomic E-state index is -3.84. The van der Waals surface area contributed by atoms with Gasteiger partial charge in [0.05, 0.1) is 4.90 Å². The van der Waals surface area contributed by atoms with Crippen molar-refractivity contribution in [2.24, 2.45) is 11.1 Å². The monoisotopic (exact) mass is 382 g/mol. The first kappa shape index (κ1) is 20.4. The molecule has 0 atom stereocenters. The van der Waals surface area contributed by atoms with E-state index in [1.807, 2.05) is 0 Å². The van der Waals surface area contributed by atoms with E-state index >= 15 is 0 Å². The van der Waals surface area contributed by atoms with Gasteiger partial charge in [-0.15, -0.1) is 0 Å². The Morgan fingerprint density at radius 1 is 1.19 bits per heavy atom. The molecule has 1 aliphatic rings. The first-order valence-corrected chi connectivity index (χ1v) is 10.5. The number of sulfonamides is 1. The minimum Gasteiger partial charge on any atom is -0.456 e. The number of nitrogens with two attached hydrogens (primary N) is 1. The van der Waals surface area contributed by atoms with Crippen LogP contribution in [-0.2, 0) is 24.3 Å². The van der Waals surface area contributed by atoms with Crippen LogP contribution in [0, 0.1) is 5.92 Å². The lowest BCUT2D eigenvalue weighted by atomic mass is 9.86. The third-order valence-corrected chi connectivity index (χ3v) is 5.44. The summed E-state index contributed by atoms with van der Waals surface area (Å²) < 4.78 is 27.6. The Labute approximate surface area is 154 Å². The largest absolute Gasteiger partial charge is 0.456 e. The molecule has 0 heterocycles. The lowest BCUT2D eigenvalue weighted by molar-refractivity contribution is -0.147. The highest BCUT2D eigenvalue weighted by Gasteiger charge is 2.15. The second-order valence-electron chi connectivity index (χ2n) is 6.68. The third kappa shape index (κ3) is 7.13.